The number of carbonyl (C=O) groups excluding carboxylic acids is 1. The van der Waals surface area contributed by atoms with Gasteiger partial charge in [-0.1, -0.05) is 6.42 Å². The van der Waals surface area contributed by atoms with Crippen molar-refractivity contribution >= 4 is 27.1 Å². The monoisotopic (exact) mass is 343 g/mol. The van der Waals surface area contributed by atoms with E-state index in [2.05, 4.69) is 24.4 Å². The van der Waals surface area contributed by atoms with Gasteiger partial charge in [-0.15, -0.1) is 11.3 Å². The first-order chi connectivity index (χ1) is 10.3. The Hall–Kier alpha value is -0.880. The van der Waals surface area contributed by atoms with Gasteiger partial charge in [-0.25, -0.2) is 8.42 Å². The Kier molecular flexibility index (Phi) is 6.03. The maximum atomic E-state index is 12.0. The summed E-state index contributed by atoms with van der Waals surface area (Å²) >= 11 is 1.78. The zero-order valence-electron chi connectivity index (χ0n) is 13.3. The summed E-state index contributed by atoms with van der Waals surface area (Å²) in [6.07, 6.45) is 6.63. The molecule has 2 rings (SSSR count). The van der Waals surface area contributed by atoms with Gasteiger partial charge in [-0.3, -0.25) is 4.79 Å². The molecule has 4 nitrogen and oxygen atoms in total. The van der Waals surface area contributed by atoms with Crippen LogP contribution in [0.1, 0.15) is 48.3 Å². The number of hydrogen-bond acceptors (Lipinski definition) is 4. The fraction of sp³-hybridized carbons (Fsp3) is 0.688. The zero-order valence-corrected chi connectivity index (χ0v) is 14.9. The first kappa shape index (κ1) is 17.5. The van der Waals surface area contributed by atoms with E-state index in [1.807, 2.05) is 0 Å². The Morgan fingerprint density at radius 2 is 2.14 bits per heavy atom. The van der Waals surface area contributed by atoms with E-state index in [4.69, 9.17) is 0 Å². The summed E-state index contributed by atoms with van der Waals surface area (Å²) in [7, 11) is -3.00. The molecule has 6 heteroatoms. The van der Waals surface area contributed by atoms with Gasteiger partial charge < -0.3 is 5.32 Å². The number of amides is 1. The lowest BCUT2D eigenvalue weighted by molar-refractivity contribution is -0.122. The van der Waals surface area contributed by atoms with Crippen LogP contribution in [0.5, 0.6) is 0 Å². The second-order valence-electron chi connectivity index (χ2n) is 6.25. The molecule has 22 heavy (non-hydrogen) atoms. The number of sulfone groups is 1. The predicted octanol–water partition coefficient (Wildman–Crippen LogP) is 2.85. The summed E-state index contributed by atoms with van der Waals surface area (Å²) < 4.78 is 23.3. The maximum absolute atomic E-state index is 12.0. The standard InChI is InChI=1S/C16H25NO3S2/c1-12-9-10-14(21-12)6-4-8-16(18)17-13-5-3-7-15(11-13)22(2,19)20/h9-10,13,15H,3-8,11H2,1-2H3,(H,17,18). The Bertz CT molecular complexity index is 607. The highest BCUT2D eigenvalue weighted by molar-refractivity contribution is 7.91. The second-order valence-corrected chi connectivity index (χ2v) is 9.95. The average Bonchev–Trinajstić information content (AvgIpc) is 2.84. The molecule has 0 aliphatic heterocycles. The minimum atomic E-state index is -3.00. The minimum Gasteiger partial charge on any atom is -0.353 e. The lowest BCUT2D eigenvalue weighted by Gasteiger charge is -2.28. The Morgan fingerprint density at radius 1 is 1.36 bits per heavy atom. The largest absolute Gasteiger partial charge is 0.353 e. The molecule has 0 aromatic carbocycles. The van der Waals surface area contributed by atoms with Gasteiger partial charge in [-0.2, -0.15) is 0 Å². The second kappa shape index (κ2) is 7.59. The van der Waals surface area contributed by atoms with Crippen molar-refractivity contribution in [3.8, 4) is 0 Å². The summed E-state index contributed by atoms with van der Waals surface area (Å²) in [5.41, 5.74) is 0. The van der Waals surface area contributed by atoms with Crippen molar-refractivity contribution in [1.29, 1.82) is 0 Å². The molecule has 1 amide bonds. The Morgan fingerprint density at radius 3 is 2.77 bits per heavy atom. The van der Waals surface area contributed by atoms with Gasteiger partial charge in [0.2, 0.25) is 5.91 Å². The van der Waals surface area contributed by atoms with Gasteiger partial charge in [-0.05, 0) is 51.2 Å². The summed E-state index contributed by atoms with van der Waals surface area (Å²) in [4.78, 5) is 14.6. The van der Waals surface area contributed by atoms with E-state index in [1.165, 1.54) is 16.0 Å². The highest BCUT2D eigenvalue weighted by Gasteiger charge is 2.29. The van der Waals surface area contributed by atoms with Crippen LogP contribution in [0.25, 0.3) is 0 Å². The van der Waals surface area contributed by atoms with Crippen LogP contribution < -0.4 is 5.32 Å². The molecule has 1 heterocycles. The average molecular weight is 344 g/mol. The Labute approximate surface area is 137 Å². The first-order valence-electron chi connectivity index (χ1n) is 7.88. The van der Waals surface area contributed by atoms with Gasteiger partial charge in [0.15, 0.2) is 0 Å². The third-order valence-corrected chi connectivity index (χ3v) is 6.92. The van der Waals surface area contributed by atoms with Crippen molar-refractivity contribution in [3.63, 3.8) is 0 Å². The molecule has 1 fully saturated rings. The molecule has 2 atom stereocenters. The van der Waals surface area contributed by atoms with Crippen LogP contribution in [0.3, 0.4) is 0 Å². The molecule has 2 unspecified atom stereocenters. The fourth-order valence-corrected chi connectivity index (χ4v) is 5.12. The van der Waals surface area contributed by atoms with Crippen molar-refractivity contribution in [2.45, 2.75) is 63.2 Å². The molecule has 1 aliphatic rings. The minimum absolute atomic E-state index is 0.0185. The summed E-state index contributed by atoms with van der Waals surface area (Å²) in [6.45, 7) is 2.09. The lowest BCUT2D eigenvalue weighted by atomic mass is 9.95. The van der Waals surface area contributed by atoms with E-state index in [1.54, 1.807) is 11.3 Å². The van der Waals surface area contributed by atoms with Crippen LogP contribution in [0, 0.1) is 6.92 Å². The zero-order chi connectivity index (χ0) is 16.2. The summed E-state index contributed by atoms with van der Waals surface area (Å²) in [5, 5.41) is 2.72. The van der Waals surface area contributed by atoms with Crippen molar-refractivity contribution in [2.24, 2.45) is 0 Å². The van der Waals surface area contributed by atoms with E-state index in [0.29, 0.717) is 12.8 Å². The number of thiophene rings is 1. The molecular formula is C16H25NO3S2. The summed E-state index contributed by atoms with van der Waals surface area (Å²) in [6, 6.07) is 4.24. The van der Waals surface area contributed by atoms with Gasteiger partial charge in [0.1, 0.15) is 9.84 Å². The van der Waals surface area contributed by atoms with Crippen molar-refractivity contribution in [1.82, 2.24) is 5.32 Å². The summed E-state index contributed by atoms with van der Waals surface area (Å²) in [5.74, 6) is 0.0485. The molecule has 1 N–H and O–H groups in total. The Balaban J connectivity index is 1.72. The maximum Gasteiger partial charge on any atom is 0.220 e. The molecule has 0 radical (unpaired) electrons. The predicted molar refractivity (Wildman–Crippen MR) is 91.0 cm³/mol. The third kappa shape index (κ3) is 5.39. The van der Waals surface area contributed by atoms with E-state index in [0.717, 1.165) is 32.1 Å². The van der Waals surface area contributed by atoms with Gasteiger partial charge in [0, 0.05) is 28.5 Å². The molecule has 0 spiro atoms. The van der Waals surface area contributed by atoms with E-state index >= 15 is 0 Å². The molecule has 0 bridgehead atoms. The molecule has 1 aromatic heterocycles. The SMILES string of the molecule is Cc1ccc(CCCC(=O)NC2CCCC(S(C)(=O)=O)C2)s1. The quantitative estimate of drug-likeness (QED) is 0.864. The van der Waals surface area contributed by atoms with Crippen molar-refractivity contribution in [3.05, 3.63) is 21.9 Å². The highest BCUT2D eigenvalue weighted by Crippen LogP contribution is 2.24. The number of carbonyl (C=O) groups is 1. The third-order valence-electron chi connectivity index (χ3n) is 4.22. The van der Waals surface area contributed by atoms with E-state index < -0.39 is 9.84 Å². The van der Waals surface area contributed by atoms with Crippen LogP contribution in [0.4, 0.5) is 0 Å². The van der Waals surface area contributed by atoms with Gasteiger partial charge in [0.05, 0.1) is 5.25 Å². The van der Waals surface area contributed by atoms with Crippen molar-refractivity contribution < 1.29 is 13.2 Å². The number of rotatable bonds is 6. The van der Waals surface area contributed by atoms with Crippen LogP contribution in [-0.2, 0) is 21.1 Å². The number of nitrogens with one attached hydrogen (secondary N) is 1. The number of hydrogen-bond donors (Lipinski definition) is 1. The smallest absolute Gasteiger partial charge is 0.220 e. The van der Waals surface area contributed by atoms with E-state index in [-0.39, 0.29) is 17.2 Å². The molecule has 1 aliphatic carbocycles. The molecular weight excluding hydrogens is 318 g/mol. The van der Waals surface area contributed by atoms with Crippen LogP contribution >= 0.6 is 11.3 Å². The molecule has 0 saturated heterocycles. The van der Waals surface area contributed by atoms with Crippen LogP contribution in [-0.4, -0.2) is 31.9 Å². The molecule has 1 aromatic rings. The molecule has 1 saturated carbocycles. The normalized spacial score (nSPS) is 22.5. The fourth-order valence-electron chi connectivity index (χ4n) is 3.01. The van der Waals surface area contributed by atoms with Gasteiger partial charge >= 0.3 is 0 Å². The highest BCUT2D eigenvalue weighted by atomic mass is 32.2. The topological polar surface area (TPSA) is 63.2 Å². The van der Waals surface area contributed by atoms with Gasteiger partial charge in [0.25, 0.3) is 0 Å². The van der Waals surface area contributed by atoms with Crippen LogP contribution in [0.15, 0.2) is 12.1 Å². The number of aryl methyl sites for hydroxylation is 2. The van der Waals surface area contributed by atoms with E-state index in [9.17, 15) is 13.2 Å². The first-order valence-corrected chi connectivity index (χ1v) is 10.7. The molecule has 124 valence electrons. The lowest BCUT2D eigenvalue weighted by Crippen LogP contribution is -2.41. The van der Waals surface area contributed by atoms with Crippen LogP contribution in [0.2, 0.25) is 0 Å². The van der Waals surface area contributed by atoms with Crippen molar-refractivity contribution in [2.75, 3.05) is 6.26 Å².